The Morgan fingerprint density at radius 1 is 1.23 bits per heavy atom. The number of amides is 1. The zero-order chi connectivity index (χ0) is 16.3. The SMILES string of the molecule is CN(C)C(=O)c1ccc(OCc2noc(C(C)(C)C)n2)cc1. The van der Waals surface area contributed by atoms with Gasteiger partial charge in [0, 0.05) is 25.1 Å². The molecule has 0 spiro atoms. The molecule has 0 radical (unpaired) electrons. The number of carbonyl (C=O) groups excluding carboxylic acids is 1. The zero-order valence-electron chi connectivity index (χ0n) is 13.6. The Morgan fingerprint density at radius 2 is 1.86 bits per heavy atom. The van der Waals surface area contributed by atoms with Gasteiger partial charge in [0.25, 0.3) is 5.91 Å². The number of ether oxygens (including phenoxy) is 1. The fourth-order valence-corrected chi connectivity index (χ4v) is 1.72. The van der Waals surface area contributed by atoms with E-state index in [1.807, 2.05) is 20.8 Å². The highest BCUT2D eigenvalue weighted by Gasteiger charge is 2.21. The van der Waals surface area contributed by atoms with Crippen molar-refractivity contribution in [2.45, 2.75) is 32.8 Å². The monoisotopic (exact) mass is 303 g/mol. The quantitative estimate of drug-likeness (QED) is 0.868. The molecule has 0 saturated heterocycles. The van der Waals surface area contributed by atoms with Crippen LogP contribution in [0.25, 0.3) is 0 Å². The van der Waals surface area contributed by atoms with E-state index in [0.29, 0.717) is 23.0 Å². The molecule has 1 aromatic heterocycles. The van der Waals surface area contributed by atoms with Crippen molar-refractivity contribution in [1.29, 1.82) is 0 Å². The Balaban J connectivity index is 1.97. The van der Waals surface area contributed by atoms with Gasteiger partial charge in [-0.25, -0.2) is 0 Å². The first-order valence-electron chi connectivity index (χ1n) is 7.05. The first-order chi connectivity index (χ1) is 10.3. The van der Waals surface area contributed by atoms with Crippen LogP contribution in [0.2, 0.25) is 0 Å². The Bertz CT molecular complexity index is 639. The van der Waals surface area contributed by atoms with E-state index in [4.69, 9.17) is 9.26 Å². The number of rotatable bonds is 4. The molecule has 0 aliphatic heterocycles. The third-order valence-electron chi connectivity index (χ3n) is 2.99. The van der Waals surface area contributed by atoms with E-state index in [0.717, 1.165) is 0 Å². The number of benzene rings is 1. The minimum atomic E-state index is -0.181. The van der Waals surface area contributed by atoms with Gasteiger partial charge in [-0.2, -0.15) is 4.98 Å². The van der Waals surface area contributed by atoms with Gasteiger partial charge in [0.2, 0.25) is 11.7 Å². The lowest BCUT2D eigenvalue weighted by molar-refractivity contribution is 0.0827. The van der Waals surface area contributed by atoms with Crippen LogP contribution in [-0.2, 0) is 12.0 Å². The summed E-state index contributed by atoms with van der Waals surface area (Å²) >= 11 is 0. The highest BCUT2D eigenvalue weighted by Crippen LogP contribution is 2.20. The summed E-state index contributed by atoms with van der Waals surface area (Å²) in [6.45, 7) is 6.24. The van der Waals surface area contributed by atoms with Crippen LogP contribution in [0.15, 0.2) is 28.8 Å². The molecule has 0 atom stereocenters. The van der Waals surface area contributed by atoms with E-state index in [1.165, 1.54) is 4.90 Å². The van der Waals surface area contributed by atoms with Gasteiger partial charge >= 0.3 is 0 Å². The first-order valence-corrected chi connectivity index (χ1v) is 7.05. The van der Waals surface area contributed by atoms with Crippen molar-refractivity contribution in [1.82, 2.24) is 15.0 Å². The summed E-state index contributed by atoms with van der Waals surface area (Å²) in [7, 11) is 3.44. The molecule has 22 heavy (non-hydrogen) atoms. The smallest absolute Gasteiger partial charge is 0.253 e. The second-order valence-corrected chi connectivity index (χ2v) is 6.28. The lowest BCUT2D eigenvalue weighted by atomic mass is 9.97. The summed E-state index contributed by atoms with van der Waals surface area (Å²) in [5, 5.41) is 3.89. The number of hydrogen-bond acceptors (Lipinski definition) is 5. The molecule has 0 saturated carbocycles. The number of aromatic nitrogens is 2. The van der Waals surface area contributed by atoms with Crippen LogP contribution in [0.4, 0.5) is 0 Å². The lowest BCUT2D eigenvalue weighted by Crippen LogP contribution is -2.21. The highest BCUT2D eigenvalue weighted by molar-refractivity contribution is 5.93. The van der Waals surface area contributed by atoms with Crippen LogP contribution in [0.1, 0.15) is 42.8 Å². The number of nitrogens with zero attached hydrogens (tertiary/aromatic N) is 3. The average Bonchev–Trinajstić information content (AvgIpc) is 2.94. The topological polar surface area (TPSA) is 68.5 Å². The van der Waals surface area contributed by atoms with Crippen molar-refractivity contribution in [3.8, 4) is 5.75 Å². The molecule has 0 aliphatic rings. The van der Waals surface area contributed by atoms with Gasteiger partial charge in [-0.05, 0) is 24.3 Å². The largest absolute Gasteiger partial charge is 0.485 e. The molecule has 0 aliphatic carbocycles. The Hall–Kier alpha value is -2.37. The van der Waals surface area contributed by atoms with Crippen LogP contribution < -0.4 is 4.74 Å². The maximum Gasteiger partial charge on any atom is 0.253 e. The number of hydrogen-bond donors (Lipinski definition) is 0. The fourth-order valence-electron chi connectivity index (χ4n) is 1.72. The van der Waals surface area contributed by atoms with Crippen LogP contribution in [0, 0.1) is 0 Å². The zero-order valence-corrected chi connectivity index (χ0v) is 13.6. The minimum absolute atomic E-state index is 0.0421. The molecule has 0 N–H and O–H groups in total. The first kappa shape index (κ1) is 16.0. The molecule has 0 unspecified atom stereocenters. The van der Waals surface area contributed by atoms with Gasteiger partial charge in [0.1, 0.15) is 5.75 Å². The lowest BCUT2D eigenvalue weighted by Gasteiger charge is -2.11. The molecular weight excluding hydrogens is 282 g/mol. The van der Waals surface area contributed by atoms with E-state index < -0.39 is 0 Å². The second kappa shape index (κ2) is 6.17. The molecule has 2 rings (SSSR count). The van der Waals surface area contributed by atoms with Gasteiger partial charge in [-0.15, -0.1) is 0 Å². The molecular formula is C16H21N3O3. The highest BCUT2D eigenvalue weighted by atomic mass is 16.5. The van der Waals surface area contributed by atoms with Gasteiger partial charge in [-0.3, -0.25) is 4.79 Å². The van der Waals surface area contributed by atoms with E-state index in [2.05, 4.69) is 10.1 Å². The summed E-state index contributed by atoms with van der Waals surface area (Å²) in [5.74, 6) is 1.69. The van der Waals surface area contributed by atoms with Crippen molar-refractivity contribution in [3.63, 3.8) is 0 Å². The molecule has 1 amide bonds. The molecule has 1 heterocycles. The molecule has 2 aromatic rings. The van der Waals surface area contributed by atoms with E-state index >= 15 is 0 Å². The normalized spacial score (nSPS) is 11.3. The van der Waals surface area contributed by atoms with Gasteiger partial charge < -0.3 is 14.2 Å². The summed E-state index contributed by atoms with van der Waals surface area (Å²) in [6, 6.07) is 6.96. The molecule has 0 fully saturated rings. The summed E-state index contributed by atoms with van der Waals surface area (Å²) in [5.41, 5.74) is 0.436. The van der Waals surface area contributed by atoms with Crippen molar-refractivity contribution in [2.24, 2.45) is 0 Å². The van der Waals surface area contributed by atoms with Gasteiger partial charge in [0.15, 0.2) is 6.61 Å². The van der Waals surface area contributed by atoms with Crippen molar-refractivity contribution >= 4 is 5.91 Å². The maximum absolute atomic E-state index is 11.8. The minimum Gasteiger partial charge on any atom is -0.485 e. The second-order valence-electron chi connectivity index (χ2n) is 6.28. The summed E-state index contributed by atoms with van der Waals surface area (Å²) in [6.07, 6.45) is 0. The third kappa shape index (κ3) is 3.84. The Morgan fingerprint density at radius 3 is 2.36 bits per heavy atom. The Labute approximate surface area is 130 Å². The standard InChI is InChI=1S/C16H21N3O3/c1-16(2,3)15-17-13(18-22-15)10-21-12-8-6-11(7-9-12)14(20)19(4)5/h6-9H,10H2,1-5H3. The molecule has 0 bridgehead atoms. The molecule has 6 heteroatoms. The van der Waals surface area contributed by atoms with Crippen molar-refractivity contribution in [3.05, 3.63) is 41.5 Å². The molecule has 118 valence electrons. The fraction of sp³-hybridized carbons (Fsp3) is 0.438. The van der Waals surface area contributed by atoms with Crippen LogP contribution >= 0.6 is 0 Å². The predicted octanol–water partition coefficient (Wildman–Crippen LogP) is 2.65. The molecule has 1 aromatic carbocycles. The Kier molecular flexibility index (Phi) is 4.49. The van der Waals surface area contributed by atoms with E-state index in [1.54, 1.807) is 38.4 Å². The number of carbonyl (C=O) groups is 1. The maximum atomic E-state index is 11.8. The summed E-state index contributed by atoms with van der Waals surface area (Å²) < 4.78 is 10.8. The van der Waals surface area contributed by atoms with Crippen LogP contribution in [0.5, 0.6) is 5.75 Å². The average molecular weight is 303 g/mol. The van der Waals surface area contributed by atoms with Crippen LogP contribution in [0.3, 0.4) is 0 Å². The van der Waals surface area contributed by atoms with Crippen molar-refractivity contribution < 1.29 is 14.1 Å². The van der Waals surface area contributed by atoms with E-state index in [-0.39, 0.29) is 17.9 Å². The van der Waals surface area contributed by atoms with Crippen LogP contribution in [-0.4, -0.2) is 35.0 Å². The summed E-state index contributed by atoms with van der Waals surface area (Å²) in [4.78, 5) is 17.6. The van der Waals surface area contributed by atoms with Gasteiger partial charge in [-0.1, -0.05) is 25.9 Å². The van der Waals surface area contributed by atoms with E-state index in [9.17, 15) is 4.79 Å². The molecule has 6 nitrogen and oxygen atoms in total. The van der Waals surface area contributed by atoms with Gasteiger partial charge in [0.05, 0.1) is 0 Å². The van der Waals surface area contributed by atoms with Crippen molar-refractivity contribution in [2.75, 3.05) is 14.1 Å². The third-order valence-corrected chi connectivity index (χ3v) is 2.99. The predicted molar refractivity (Wildman–Crippen MR) is 81.8 cm³/mol.